The lowest BCUT2D eigenvalue weighted by molar-refractivity contribution is -0.168. The molecule has 4 aliphatic carbocycles. The summed E-state index contributed by atoms with van der Waals surface area (Å²) in [6.07, 6.45) is 10.0. The Morgan fingerprint density at radius 2 is 1.57 bits per heavy atom. The van der Waals surface area contributed by atoms with E-state index < -0.39 is 11.6 Å². The van der Waals surface area contributed by atoms with Gasteiger partial charge in [0.15, 0.2) is 0 Å². The Kier molecular flexibility index (Phi) is 7.81. The fraction of sp³-hybridized carbons (Fsp3) is 0.700. The Bertz CT molecular complexity index is 1530. The molecule has 6 aliphatic rings. The number of likely N-dealkylation sites (tertiary alicyclic amines) is 1. The number of fused-ring (bicyclic) bond motifs is 6. The molecule has 2 N–H and O–H groups in total. The van der Waals surface area contributed by atoms with Crippen LogP contribution in [0.25, 0.3) is 10.8 Å². The van der Waals surface area contributed by atoms with Crippen LogP contribution in [0.1, 0.15) is 95.3 Å². The Hall–Kier alpha value is -2.48. The van der Waals surface area contributed by atoms with Crippen LogP contribution in [0.4, 0.5) is 0 Å². The molecule has 7 nitrogen and oxygen atoms in total. The fourth-order valence-electron chi connectivity index (χ4n) is 12.1. The van der Waals surface area contributed by atoms with Gasteiger partial charge in [-0.05, 0) is 129 Å². The van der Waals surface area contributed by atoms with Gasteiger partial charge in [0.25, 0.3) is 5.91 Å². The number of aliphatic hydroxyl groups is 2. The molecule has 0 bridgehead atoms. The van der Waals surface area contributed by atoms with Crippen molar-refractivity contribution < 1.29 is 19.8 Å². The van der Waals surface area contributed by atoms with Gasteiger partial charge in [0.1, 0.15) is 6.04 Å². The predicted molar refractivity (Wildman–Crippen MR) is 184 cm³/mol. The number of carbonyl (C=O) groups is 2. The van der Waals surface area contributed by atoms with E-state index in [2.05, 4.69) is 31.7 Å². The highest BCUT2D eigenvalue weighted by Gasteiger charge is 2.64. The van der Waals surface area contributed by atoms with E-state index in [9.17, 15) is 19.8 Å². The first-order valence-electron chi connectivity index (χ1n) is 18.7. The topological polar surface area (TPSA) is 84.3 Å². The molecule has 6 fully saturated rings. The highest BCUT2D eigenvalue weighted by molar-refractivity contribution is 6.01. The van der Waals surface area contributed by atoms with Crippen LogP contribution in [0.2, 0.25) is 0 Å². The van der Waals surface area contributed by atoms with Crippen LogP contribution in [0, 0.1) is 34.5 Å². The summed E-state index contributed by atoms with van der Waals surface area (Å²) < 4.78 is 0. The molecule has 4 saturated carbocycles. The smallest absolute Gasteiger partial charge is 0.254 e. The summed E-state index contributed by atoms with van der Waals surface area (Å²) in [6, 6.07) is 13.6. The SMILES string of the molecule is C[C@]12C[C@H](N3CCN(C(=O)[C@@H]4CCCN4C(=O)c4ccc5ccccc5c4)CC3)[C@@H](O)CC1CC[C@@H]1[C@@H]2CC[C@@]2(C)[C@H]1CC[C@]2(C)O. The molecule has 8 rings (SSSR count). The number of amides is 2. The van der Waals surface area contributed by atoms with Gasteiger partial charge >= 0.3 is 0 Å². The second-order valence-electron chi connectivity index (χ2n) is 17.1. The maximum Gasteiger partial charge on any atom is 0.254 e. The average Bonchev–Trinajstić information content (AvgIpc) is 3.66. The number of hydrogen-bond acceptors (Lipinski definition) is 5. The zero-order valence-electron chi connectivity index (χ0n) is 28.7. The monoisotopic (exact) mass is 641 g/mol. The summed E-state index contributed by atoms with van der Waals surface area (Å²) in [5, 5.41) is 25.1. The van der Waals surface area contributed by atoms with E-state index in [4.69, 9.17) is 0 Å². The summed E-state index contributed by atoms with van der Waals surface area (Å²) in [7, 11) is 0. The van der Waals surface area contributed by atoms with Gasteiger partial charge in [0.05, 0.1) is 11.7 Å². The van der Waals surface area contributed by atoms with Gasteiger partial charge < -0.3 is 20.0 Å². The third-order valence-corrected chi connectivity index (χ3v) is 15.1. The first-order chi connectivity index (χ1) is 22.5. The third kappa shape index (κ3) is 5.00. The lowest BCUT2D eigenvalue weighted by Gasteiger charge is -2.63. The molecule has 2 saturated heterocycles. The minimum atomic E-state index is -0.554. The molecule has 2 amide bonds. The first-order valence-corrected chi connectivity index (χ1v) is 18.7. The van der Waals surface area contributed by atoms with Crippen molar-refractivity contribution in [1.82, 2.24) is 14.7 Å². The van der Waals surface area contributed by atoms with Crippen LogP contribution >= 0.6 is 0 Å². The van der Waals surface area contributed by atoms with Gasteiger partial charge in [-0.2, -0.15) is 0 Å². The highest BCUT2D eigenvalue weighted by Crippen LogP contribution is 2.68. The molecule has 47 heavy (non-hydrogen) atoms. The Morgan fingerprint density at radius 1 is 0.830 bits per heavy atom. The molecule has 2 aromatic carbocycles. The summed E-state index contributed by atoms with van der Waals surface area (Å²) in [5.41, 5.74) is 0.339. The maximum absolute atomic E-state index is 13.9. The largest absolute Gasteiger partial charge is 0.391 e. The Balaban J connectivity index is 0.924. The van der Waals surface area contributed by atoms with Crippen molar-refractivity contribution in [3.8, 4) is 0 Å². The molecule has 0 spiro atoms. The molecule has 254 valence electrons. The molecule has 2 heterocycles. The summed E-state index contributed by atoms with van der Waals surface area (Å²) in [6.45, 7) is 10.5. The van der Waals surface area contributed by atoms with Crippen LogP contribution < -0.4 is 0 Å². The Labute approximate surface area is 280 Å². The zero-order valence-corrected chi connectivity index (χ0v) is 28.7. The molecular weight excluding hydrogens is 586 g/mol. The Morgan fingerprint density at radius 3 is 2.36 bits per heavy atom. The zero-order chi connectivity index (χ0) is 32.7. The van der Waals surface area contributed by atoms with Gasteiger partial charge in [0, 0.05) is 44.3 Å². The van der Waals surface area contributed by atoms with Crippen molar-refractivity contribution in [2.45, 2.75) is 109 Å². The van der Waals surface area contributed by atoms with Crippen molar-refractivity contribution in [1.29, 1.82) is 0 Å². The quantitative estimate of drug-likeness (QED) is 0.448. The lowest BCUT2D eigenvalue weighted by atomic mass is 9.44. The van der Waals surface area contributed by atoms with E-state index in [1.807, 2.05) is 46.2 Å². The molecule has 0 aromatic heterocycles. The van der Waals surface area contributed by atoms with Gasteiger partial charge in [0.2, 0.25) is 5.91 Å². The van der Waals surface area contributed by atoms with Crippen LogP contribution in [0.15, 0.2) is 42.5 Å². The number of rotatable bonds is 3. The molecule has 1 unspecified atom stereocenters. The van der Waals surface area contributed by atoms with E-state index in [-0.39, 0.29) is 34.8 Å². The predicted octanol–water partition coefficient (Wildman–Crippen LogP) is 5.72. The first kappa shape index (κ1) is 31.8. The van der Waals surface area contributed by atoms with E-state index in [1.54, 1.807) is 0 Å². The number of aliphatic hydroxyl groups excluding tert-OH is 1. The second kappa shape index (κ2) is 11.6. The highest BCUT2D eigenvalue weighted by atomic mass is 16.3. The molecule has 10 atom stereocenters. The molecule has 7 heteroatoms. The minimum absolute atomic E-state index is 0.0306. The fourth-order valence-corrected chi connectivity index (χ4v) is 12.1. The molecule has 2 aromatic rings. The van der Waals surface area contributed by atoms with E-state index >= 15 is 0 Å². The molecule has 0 radical (unpaired) electrons. The molecular formula is C40H55N3O4. The van der Waals surface area contributed by atoms with Crippen molar-refractivity contribution >= 4 is 22.6 Å². The van der Waals surface area contributed by atoms with Crippen molar-refractivity contribution in [2.24, 2.45) is 34.5 Å². The lowest BCUT2D eigenvalue weighted by Crippen LogP contribution is -2.63. The number of carbonyl (C=O) groups excluding carboxylic acids is 2. The van der Waals surface area contributed by atoms with Gasteiger partial charge in [-0.25, -0.2) is 0 Å². The number of benzene rings is 2. The number of nitrogens with zero attached hydrogens (tertiary/aromatic N) is 3. The van der Waals surface area contributed by atoms with E-state index in [0.717, 1.165) is 68.8 Å². The normalized spacial score (nSPS) is 42.2. The third-order valence-electron chi connectivity index (χ3n) is 15.1. The van der Waals surface area contributed by atoms with Gasteiger partial charge in [-0.3, -0.25) is 14.5 Å². The van der Waals surface area contributed by atoms with E-state index in [1.165, 1.54) is 19.3 Å². The number of hydrogen-bond donors (Lipinski definition) is 2. The van der Waals surface area contributed by atoms with Gasteiger partial charge in [-0.15, -0.1) is 0 Å². The maximum atomic E-state index is 13.9. The minimum Gasteiger partial charge on any atom is -0.391 e. The summed E-state index contributed by atoms with van der Waals surface area (Å²) >= 11 is 0. The molecule has 2 aliphatic heterocycles. The summed E-state index contributed by atoms with van der Waals surface area (Å²) in [5.74, 6) is 2.56. The van der Waals surface area contributed by atoms with Crippen LogP contribution in [-0.4, -0.2) is 93.2 Å². The second-order valence-corrected chi connectivity index (χ2v) is 17.1. The van der Waals surface area contributed by atoms with E-state index in [0.29, 0.717) is 48.9 Å². The van der Waals surface area contributed by atoms with Gasteiger partial charge in [-0.1, -0.05) is 44.2 Å². The number of piperazine rings is 1. The standard InChI is InChI=1S/C40H55N3O4/c1-38-25-34(35(44)24-29(38)12-13-30-31(38)14-16-39(2)32(30)15-17-40(39,3)47)41-19-21-42(22-20-41)37(46)33-9-6-18-43(33)36(45)28-11-10-26-7-4-5-8-27(26)23-28/h4-5,7-8,10-11,23,29-35,44,47H,6,9,12-22,24-25H2,1-3H3/t29?,30-,31+,32+,33+,34+,35+,38+,39+,40+/m1/s1. The van der Waals surface area contributed by atoms with Crippen molar-refractivity contribution in [3.63, 3.8) is 0 Å². The van der Waals surface area contributed by atoms with Crippen LogP contribution in [-0.2, 0) is 4.79 Å². The van der Waals surface area contributed by atoms with Crippen LogP contribution in [0.5, 0.6) is 0 Å². The van der Waals surface area contributed by atoms with Crippen molar-refractivity contribution in [2.75, 3.05) is 32.7 Å². The summed E-state index contributed by atoms with van der Waals surface area (Å²) in [4.78, 5) is 33.8. The van der Waals surface area contributed by atoms with Crippen LogP contribution in [0.3, 0.4) is 0 Å². The average molecular weight is 642 g/mol. The van der Waals surface area contributed by atoms with Crippen molar-refractivity contribution in [3.05, 3.63) is 48.0 Å².